The summed E-state index contributed by atoms with van der Waals surface area (Å²) in [5.41, 5.74) is 9.13. The van der Waals surface area contributed by atoms with Crippen LogP contribution in [-0.4, -0.2) is 33.1 Å². The molecule has 1 aromatic heterocycles. The molecular formula is C24H32F2N4O. The molecule has 0 bridgehead atoms. The van der Waals surface area contributed by atoms with E-state index in [9.17, 15) is 8.78 Å². The summed E-state index contributed by atoms with van der Waals surface area (Å²) in [7, 11) is 0. The number of rotatable bonds is 3. The van der Waals surface area contributed by atoms with Crippen LogP contribution in [0.5, 0.6) is 0 Å². The van der Waals surface area contributed by atoms with Crippen LogP contribution in [0.1, 0.15) is 79.9 Å². The molecular weight excluding hydrogens is 398 g/mol. The monoisotopic (exact) mass is 430 g/mol. The van der Waals surface area contributed by atoms with Gasteiger partial charge in [0.05, 0.1) is 18.0 Å². The van der Waals surface area contributed by atoms with Crippen molar-refractivity contribution in [2.45, 2.75) is 89.2 Å². The van der Waals surface area contributed by atoms with Crippen LogP contribution in [0.4, 0.5) is 8.78 Å². The van der Waals surface area contributed by atoms with E-state index < -0.39 is 17.7 Å². The highest BCUT2D eigenvalue weighted by Crippen LogP contribution is 2.37. The Kier molecular flexibility index (Phi) is 5.84. The Morgan fingerprint density at radius 3 is 2.58 bits per heavy atom. The molecule has 2 aliphatic heterocycles. The van der Waals surface area contributed by atoms with Crippen molar-refractivity contribution in [1.29, 1.82) is 0 Å². The Morgan fingerprint density at radius 1 is 1.06 bits per heavy atom. The van der Waals surface area contributed by atoms with Crippen LogP contribution in [0.2, 0.25) is 0 Å². The standard InChI is InChI=1S/C24H32F2N4O/c1-15-28-22-12-29(13-23(22)30(15)17-6-4-2-3-5-7-17)18-11-21(27)24(31-14-18)19-10-16(25)8-9-20(19)26/h8-10,17-18,21,24H,2-7,11-14,27H2,1H3/t18-,21+,24-/m1/s1. The van der Waals surface area contributed by atoms with Gasteiger partial charge < -0.3 is 15.0 Å². The highest BCUT2D eigenvalue weighted by Gasteiger charge is 2.38. The van der Waals surface area contributed by atoms with E-state index in [0.717, 1.165) is 31.0 Å². The maximum absolute atomic E-state index is 14.2. The molecule has 3 atom stereocenters. The molecule has 5 rings (SSSR count). The number of fused-ring (bicyclic) bond motifs is 1. The smallest absolute Gasteiger partial charge is 0.129 e. The zero-order valence-corrected chi connectivity index (χ0v) is 18.2. The molecule has 2 aromatic rings. The average Bonchev–Trinajstić information content (AvgIpc) is 3.14. The zero-order valence-electron chi connectivity index (χ0n) is 18.2. The van der Waals surface area contributed by atoms with Crippen molar-refractivity contribution in [3.05, 3.63) is 52.6 Å². The minimum atomic E-state index is -0.614. The van der Waals surface area contributed by atoms with Gasteiger partial charge in [-0.2, -0.15) is 0 Å². The van der Waals surface area contributed by atoms with Crippen LogP contribution in [0.25, 0.3) is 0 Å². The van der Waals surface area contributed by atoms with Gasteiger partial charge >= 0.3 is 0 Å². The lowest BCUT2D eigenvalue weighted by Gasteiger charge is -2.38. The predicted molar refractivity (Wildman–Crippen MR) is 114 cm³/mol. The third kappa shape index (κ3) is 4.03. The Labute approximate surface area is 182 Å². The number of aryl methyl sites for hydroxylation is 1. The van der Waals surface area contributed by atoms with Crippen molar-refractivity contribution in [2.24, 2.45) is 5.73 Å². The second kappa shape index (κ2) is 8.60. The van der Waals surface area contributed by atoms with Gasteiger partial charge in [-0.25, -0.2) is 13.8 Å². The van der Waals surface area contributed by atoms with E-state index in [1.165, 1.54) is 56.0 Å². The van der Waals surface area contributed by atoms with Gasteiger partial charge in [0, 0.05) is 36.8 Å². The first-order chi connectivity index (χ1) is 15.0. The quantitative estimate of drug-likeness (QED) is 0.727. The van der Waals surface area contributed by atoms with Crippen LogP contribution in [0.3, 0.4) is 0 Å². The SMILES string of the molecule is Cc1nc2c(n1C1CCCCCC1)CN([C@H]1CO[C@H](c3cc(F)ccc3F)[C@@H](N)C1)C2. The number of hydrogen-bond donors (Lipinski definition) is 1. The summed E-state index contributed by atoms with van der Waals surface area (Å²) in [4.78, 5) is 7.29. The van der Waals surface area contributed by atoms with Crippen molar-refractivity contribution in [3.8, 4) is 0 Å². The van der Waals surface area contributed by atoms with Crippen LogP contribution < -0.4 is 5.73 Å². The molecule has 7 heteroatoms. The summed E-state index contributed by atoms with van der Waals surface area (Å²) in [6.45, 7) is 4.24. The first-order valence-electron chi connectivity index (χ1n) is 11.6. The molecule has 1 aliphatic carbocycles. The fraction of sp³-hybridized carbons (Fsp3) is 0.625. The number of aromatic nitrogens is 2. The van der Waals surface area contributed by atoms with Gasteiger partial charge in [-0.3, -0.25) is 4.90 Å². The highest BCUT2D eigenvalue weighted by atomic mass is 19.1. The van der Waals surface area contributed by atoms with Crippen LogP contribution in [0.15, 0.2) is 18.2 Å². The third-order valence-corrected chi connectivity index (χ3v) is 7.35. The van der Waals surface area contributed by atoms with Crippen molar-refractivity contribution >= 4 is 0 Å². The first kappa shape index (κ1) is 21.0. The van der Waals surface area contributed by atoms with Crippen LogP contribution in [-0.2, 0) is 17.8 Å². The lowest BCUT2D eigenvalue weighted by Crippen LogP contribution is -2.48. The zero-order chi connectivity index (χ0) is 21.5. The summed E-state index contributed by atoms with van der Waals surface area (Å²) in [5.74, 6) is 0.196. The van der Waals surface area contributed by atoms with E-state index in [2.05, 4.69) is 16.4 Å². The van der Waals surface area contributed by atoms with Crippen molar-refractivity contribution < 1.29 is 13.5 Å². The molecule has 1 saturated carbocycles. The van der Waals surface area contributed by atoms with E-state index in [1.54, 1.807) is 0 Å². The lowest BCUT2D eigenvalue weighted by atomic mass is 9.93. The van der Waals surface area contributed by atoms with Gasteiger partial charge in [-0.05, 0) is 44.4 Å². The van der Waals surface area contributed by atoms with Gasteiger partial charge in [0.2, 0.25) is 0 Å². The number of benzene rings is 1. The Hall–Kier alpha value is -1.83. The van der Waals surface area contributed by atoms with Gasteiger partial charge in [-0.1, -0.05) is 25.7 Å². The number of imidazole rings is 1. The number of ether oxygens (including phenoxy) is 1. The molecule has 0 spiro atoms. The molecule has 2 fully saturated rings. The average molecular weight is 431 g/mol. The molecule has 3 heterocycles. The largest absolute Gasteiger partial charge is 0.370 e. The van der Waals surface area contributed by atoms with E-state index in [0.29, 0.717) is 19.1 Å². The van der Waals surface area contributed by atoms with Crippen LogP contribution >= 0.6 is 0 Å². The van der Waals surface area contributed by atoms with E-state index in [4.69, 9.17) is 15.5 Å². The molecule has 0 unspecified atom stereocenters. The molecule has 1 aromatic carbocycles. The summed E-state index contributed by atoms with van der Waals surface area (Å²) >= 11 is 0. The minimum absolute atomic E-state index is 0.153. The van der Waals surface area contributed by atoms with Crippen molar-refractivity contribution in [1.82, 2.24) is 14.5 Å². The van der Waals surface area contributed by atoms with Gasteiger partial charge in [0.25, 0.3) is 0 Å². The minimum Gasteiger partial charge on any atom is -0.370 e. The molecule has 168 valence electrons. The first-order valence-corrected chi connectivity index (χ1v) is 11.6. The fourth-order valence-corrected chi connectivity index (χ4v) is 5.79. The Morgan fingerprint density at radius 2 is 1.84 bits per heavy atom. The molecule has 2 N–H and O–H groups in total. The third-order valence-electron chi connectivity index (χ3n) is 7.35. The second-order valence-corrected chi connectivity index (χ2v) is 9.45. The fourth-order valence-electron chi connectivity index (χ4n) is 5.79. The molecule has 3 aliphatic rings. The van der Waals surface area contributed by atoms with Gasteiger partial charge in [0.1, 0.15) is 23.6 Å². The van der Waals surface area contributed by atoms with Gasteiger partial charge in [0.15, 0.2) is 0 Å². The summed E-state index contributed by atoms with van der Waals surface area (Å²) < 4.78 is 36.4. The Bertz CT molecular complexity index is 938. The van der Waals surface area contributed by atoms with E-state index in [-0.39, 0.29) is 17.6 Å². The maximum atomic E-state index is 14.2. The topological polar surface area (TPSA) is 56.3 Å². The Balaban J connectivity index is 1.28. The van der Waals surface area contributed by atoms with Crippen molar-refractivity contribution in [3.63, 3.8) is 0 Å². The molecule has 5 nitrogen and oxygen atoms in total. The maximum Gasteiger partial charge on any atom is 0.129 e. The van der Waals surface area contributed by atoms with Gasteiger partial charge in [-0.15, -0.1) is 0 Å². The molecule has 1 saturated heterocycles. The number of halogens is 2. The lowest BCUT2D eigenvalue weighted by molar-refractivity contribution is -0.0535. The van der Waals surface area contributed by atoms with E-state index >= 15 is 0 Å². The predicted octanol–water partition coefficient (Wildman–Crippen LogP) is 4.54. The number of hydrogen-bond acceptors (Lipinski definition) is 4. The van der Waals surface area contributed by atoms with Crippen molar-refractivity contribution in [2.75, 3.05) is 6.61 Å². The molecule has 0 radical (unpaired) electrons. The molecule has 0 amide bonds. The summed E-state index contributed by atoms with van der Waals surface area (Å²) in [6.07, 6.45) is 7.81. The highest BCUT2D eigenvalue weighted by molar-refractivity contribution is 5.25. The summed E-state index contributed by atoms with van der Waals surface area (Å²) in [6, 6.07) is 3.80. The van der Waals surface area contributed by atoms with Crippen LogP contribution in [0, 0.1) is 18.6 Å². The van der Waals surface area contributed by atoms with E-state index in [1.807, 2.05) is 0 Å². The molecule has 31 heavy (non-hydrogen) atoms. The number of nitrogens with zero attached hydrogens (tertiary/aromatic N) is 3. The normalized spacial score (nSPS) is 27.9. The second-order valence-electron chi connectivity index (χ2n) is 9.45. The number of nitrogens with two attached hydrogens (primary N) is 1. The summed E-state index contributed by atoms with van der Waals surface area (Å²) in [5, 5.41) is 0.